The van der Waals surface area contributed by atoms with Crippen LogP contribution < -0.4 is 10.5 Å². The lowest BCUT2D eigenvalue weighted by Crippen LogP contribution is -1.92. The molecule has 4 nitrogen and oxygen atoms in total. The number of nitrogens with two attached hydrogens (primary N) is 1. The number of anilines is 1. The second-order valence-corrected chi connectivity index (χ2v) is 4.34. The van der Waals surface area contributed by atoms with Crippen molar-refractivity contribution < 1.29 is 4.74 Å². The fourth-order valence-corrected chi connectivity index (χ4v) is 1.92. The summed E-state index contributed by atoms with van der Waals surface area (Å²) in [4.78, 5) is 8.53. The molecule has 0 unspecified atom stereocenters. The number of para-hydroxylation sites is 1. The number of hydrogen-bond donors (Lipinski definition) is 1. The van der Waals surface area contributed by atoms with Crippen LogP contribution in [0.1, 0.15) is 5.69 Å². The molecule has 4 heteroatoms. The van der Waals surface area contributed by atoms with Crippen LogP contribution in [0.4, 0.5) is 5.69 Å². The first-order valence-electron chi connectivity index (χ1n) is 5.97. The van der Waals surface area contributed by atoms with Gasteiger partial charge in [-0.25, -0.2) is 4.98 Å². The fraction of sp³-hybridized carbons (Fsp3) is 0.0667. The lowest BCUT2D eigenvalue weighted by molar-refractivity contribution is 0.485. The quantitative estimate of drug-likeness (QED) is 0.759. The number of aryl methyl sites for hydroxylation is 1. The van der Waals surface area contributed by atoms with Gasteiger partial charge in [0.05, 0.1) is 18.1 Å². The molecule has 0 atom stereocenters. The Morgan fingerprint density at radius 1 is 1.11 bits per heavy atom. The highest BCUT2D eigenvalue weighted by Gasteiger charge is 2.05. The molecule has 0 bridgehead atoms. The van der Waals surface area contributed by atoms with Gasteiger partial charge in [-0.05, 0) is 19.1 Å². The minimum absolute atomic E-state index is 0.571. The first-order valence-corrected chi connectivity index (χ1v) is 5.97. The molecule has 0 saturated heterocycles. The Bertz CT molecular complexity index is 740. The van der Waals surface area contributed by atoms with Crippen LogP contribution in [0.3, 0.4) is 0 Å². The Morgan fingerprint density at radius 2 is 2.00 bits per heavy atom. The van der Waals surface area contributed by atoms with Crippen LogP contribution >= 0.6 is 0 Å². The van der Waals surface area contributed by atoms with Crippen molar-refractivity contribution >= 4 is 16.6 Å². The SMILES string of the molecule is Cc1ccc2cccc(Oc3cncc(N)c3)c2n1. The number of rotatable bonds is 2. The van der Waals surface area contributed by atoms with E-state index in [-0.39, 0.29) is 0 Å². The first-order chi connectivity index (χ1) is 9.22. The number of hydrogen-bond acceptors (Lipinski definition) is 4. The highest BCUT2D eigenvalue weighted by molar-refractivity contribution is 5.84. The third-order valence-corrected chi connectivity index (χ3v) is 2.78. The molecule has 0 aliphatic heterocycles. The maximum atomic E-state index is 5.82. The summed E-state index contributed by atoms with van der Waals surface area (Å²) in [6, 6.07) is 11.6. The Labute approximate surface area is 110 Å². The lowest BCUT2D eigenvalue weighted by atomic mass is 10.2. The van der Waals surface area contributed by atoms with Crippen molar-refractivity contribution in [3.05, 3.63) is 54.5 Å². The van der Waals surface area contributed by atoms with Gasteiger partial charge < -0.3 is 10.5 Å². The fourth-order valence-electron chi connectivity index (χ4n) is 1.92. The summed E-state index contributed by atoms with van der Waals surface area (Å²) in [6.07, 6.45) is 3.21. The van der Waals surface area contributed by atoms with E-state index in [9.17, 15) is 0 Å². The monoisotopic (exact) mass is 251 g/mol. The van der Waals surface area contributed by atoms with Crippen LogP contribution in [0.2, 0.25) is 0 Å². The average Bonchev–Trinajstić information content (AvgIpc) is 2.39. The summed E-state index contributed by atoms with van der Waals surface area (Å²) >= 11 is 0. The number of benzene rings is 1. The molecule has 94 valence electrons. The standard InChI is InChI=1S/C15H13N3O/c1-10-5-6-11-3-2-4-14(15(11)18-10)19-13-7-12(16)8-17-9-13/h2-9H,16H2,1H3. The zero-order chi connectivity index (χ0) is 13.2. The van der Waals surface area contributed by atoms with Gasteiger partial charge in [0.2, 0.25) is 0 Å². The summed E-state index contributed by atoms with van der Waals surface area (Å²) in [5, 5.41) is 1.04. The maximum Gasteiger partial charge on any atom is 0.153 e. The third kappa shape index (κ3) is 2.33. The molecular formula is C15H13N3O. The third-order valence-electron chi connectivity index (χ3n) is 2.78. The Kier molecular flexibility index (Phi) is 2.76. The van der Waals surface area contributed by atoms with E-state index in [2.05, 4.69) is 9.97 Å². The molecule has 0 spiro atoms. The van der Waals surface area contributed by atoms with Crippen molar-refractivity contribution in [2.45, 2.75) is 6.92 Å². The second kappa shape index (κ2) is 4.57. The van der Waals surface area contributed by atoms with E-state index in [4.69, 9.17) is 10.5 Å². The highest BCUT2D eigenvalue weighted by Crippen LogP contribution is 2.28. The summed E-state index contributed by atoms with van der Waals surface area (Å²) in [7, 11) is 0. The molecule has 0 amide bonds. The van der Waals surface area contributed by atoms with E-state index in [1.54, 1.807) is 18.5 Å². The van der Waals surface area contributed by atoms with Crippen molar-refractivity contribution in [3.63, 3.8) is 0 Å². The van der Waals surface area contributed by atoms with Crippen LogP contribution in [0.25, 0.3) is 10.9 Å². The first kappa shape index (κ1) is 11.5. The van der Waals surface area contributed by atoms with Crippen LogP contribution in [-0.2, 0) is 0 Å². The van der Waals surface area contributed by atoms with Crippen molar-refractivity contribution in [1.82, 2.24) is 9.97 Å². The molecule has 2 N–H and O–H groups in total. The van der Waals surface area contributed by atoms with E-state index < -0.39 is 0 Å². The molecule has 3 rings (SSSR count). The lowest BCUT2D eigenvalue weighted by Gasteiger charge is -2.08. The molecule has 0 aliphatic carbocycles. The summed E-state index contributed by atoms with van der Waals surface area (Å²) in [6.45, 7) is 1.96. The van der Waals surface area contributed by atoms with Crippen molar-refractivity contribution in [2.24, 2.45) is 0 Å². The summed E-state index contributed by atoms with van der Waals surface area (Å²) in [5.74, 6) is 1.31. The molecule has 2 aromatic heterocycles. The maximum absolute atomic E-state index is 5.82. The van der Waals surface area contributed by atoms with Gasteiger partial charge in [-0.1, -0.05) is 18.2 Å². The molecular weight excluding hydrogens is 238 g/mol. The Balaban J connectivity index is 2.07. The van der Waals surface area contributed by atoms with Crippen molar-refractivity contribution in [2.75, 3.05) is 5.73 Å². The summed E-state index contributed by atoms with van der Waals surface area (Å²) < 4.78 is 5.82. The van der Waals surface area contributed by atoms with E-state index in [1.807, 2.05) is 37.3 Å². The Hall–Kier alpha value is -2.62. The van der Waals surface area contributed by atoms with Gasteiger partial charge in [0.15, 0.2) is 5.75 Å². The highest BCUT2D eigenvalue weighted by atomic mass is 16.5. The average molecular weight is 251 g/mol. The number of fused-ring (bicyclic) bond motifs is 1. The molecule has 19 heavy (non-hydrogen) atoms. The number of nitrogen functional groups attached to an aromatic ring is 1. The molecule has 2 heterocycles. The van der Waals surface area contributed by atoms with Crippen molar-refractivity contribution in [3.8, 4) is 11.5 Å². The van der Waals surface area contributed by atoms with Gasteiger partial charge in [-0.15, -0.1) is 0 Å². The van der Waals surface area contributed by atoms with Crippen LogP contribution in [-0.4, -0.2) is 9.97 Å². The van der Waals surface area contributed by atoms with Crippen LogP contribution in [0, 0.1) is 6.92 Å². The Morgan fingerprint density at radius 3 is 2.84 bits per heavy atom. The molecule has 0 saturated carbocycles. The second-order valence-electron chi connectivity index (χ2n) is 4.34. The molecule has 0 radical (unpaired) electrons. The molecule has 0 fully saturated rings. The van der Waals surface area contributed by atoms with Gasteiger partial charge in [0.1, 0.15) is 11.3 Å². The van der Waals surface area contributed by atoms with Gasteiger partial charge in [-0.2, -0.15) is 0 Å². The smallest absolute Gasteiger partial charge is 0.153 e. The zero-order valence-electron chi connectivity index (χ0n) is 10.5. The molecule has 3 aromatic rings. The number of pyridine rings is 2. The van der Waals surface area contributed by atoms with Crippen LogP contribution in [0.5, 0.6) is 11.5 Å². The normalized spacial score (nSPS) is 10.6. The summed E-state index contributed by atoms with van der Waals surface area (Å²) in [5.41, 5.74) is 8.05. The van der Waals surface area contributed by atoms with E-state index in [0.29, 0.717) is 17.2 Å². The van der Waals surface area contributed by atoms with E-state index in [0.717, 1.165) is 16.6 Å². The minimum Gasteiger partial charge on any atom is -0.453 e. The van der Waals surface area contributed by atoms with Crippen LogP contribution in [0.15, 0.2) is 48.8 Å². The predicted molar refractivity (Wildman–Crippen MR) is 75.2 cm³/mol. The van der Waals surface area contributed by atoms with Gasteiger partial charge in [-0.3, -0.25) is 4.98 Å². The minimum atomic E-state index is 0.571. The number of aromatic nitrogens is 2. The van der Waals surface area contributed by atoms with E-state index >= 15 is 0 Å². The van der Waals surface area contributed by atoms with Gasteiger partial charge in [0.25, 0.3) is 0 Å². The molecule has 1 aromatic carbocycles. The predicted octanol–water partition coefficient (Wildman–Crippen LogP) is 3.31. The van der Waals surface area contributed by atoms with Gasteiger partial charge >= 0.3 is 0 Å². The van der Waals surface area contributed by atoms with Crippen molar-refractivity contribution in [1.29, 1.82) is 0 Å². The zero-order valence-corrected chi connectivity index (χ0v) is 10.5. The topological polar surface area (TPSA) is 61.0 Å². The number of ether oxygens (including phenoxy) is 1. The molecule has 0 aliphatic rings. The van der Waals surface area contributed by atoms with E-state index in [1.165, 1.54) is 0 Å². The van der Waals surface area contributed by atoms with Gasteiger partial charge in [0, 0.05) is 17.1 Å². The largest absolute Gasteiger partial charge is 0.453 e. The number of nitrogens with zero attached hydrogens (tertiary/aromatic N) is 2.